The van der Waals surface area contributed by atoms with E-state index in [2.05, 4.69) is 5.32 Å². The zero-order chi connectivity index (χ0) is 7.98. The lowest BCUT2D eigenvalue weighted by Crippen LogP contribution is -2.41. The Morgan fingerprint density at radius 3 is 2.70 bits per heavy atom. The number of aliphatic hydroxyl groups is 1. The van der Waals surface area contributed by atoms with Crippen LogP contribution < -0.4 is 11.1 Å². The van der Waals surface area contributed by atoms with Gasteiger partial charge in [0.25, 0.3) is 0 Å². The molecule has 1 unspecified atom stereocenters. The van der Waals surface area contributed by atoms with Gasteiger partial charge in [0.15, 0.2) is 0 Å². The van der Waals surface area contributed by atoms with Crippen LogP contribution in [0.25, 0.3) is 0 Å². The normalized spacial score (nSPS) is 13.0. The number of nitrogens with one attached hydrogen (secondary N) is 1. The minimum Gasteiger partial charge on any atom is -0.381 e. The van der Waals surface area contributed by atoms with Crippen molar-refractivity contribution in [2.24, 2.45) is 5.73 Å². The summed E-state index contributed by atoms with van der Waals surface area (Å²) in [6, 6.07) is -0.380. The molecule has 0 fully saturated rings. The molecule has 0 bridgehead atoms. The second kappa shape index (κ2) is 5.20. The Morgan fingerprint density at radius 2 is 2.40 bits per heavy atom. The summed E-state index contributed by atoms with van der Waals surface area (Å²) in [6.45, 7) is 1.75. The van der Waals surface area contributed by atoms with Gasteiger partial charge in [-0.1, -0.05) is 13.3 Å². The van der Waals surface area contributed by atoms with Gasteiger partial charge in [-0.2, -0.15) is 0 Å². The fourth-order valence-corrected chi connectivity index (χ4v) is 0.744. The van der Waals surface area contributed by atoms with Gasteiger partial charge in [0.2, 0.25) is 5.91 Å². The molecule has 1 amide bonds. The second-order valence-corrected chi connectivity index (χ2v) is 2.11. The Bertz CT molecular complexity index is 99.9. The minimum atomic E-state index is -0.407. The second-order valence-electron chi connectivity index (χ2n) is 2.11. The summed E-state index contributed by atoms with van der Waals surface area (Å²) in [5.74, 6) is -0.407. The Balaban J connectivity index is 3.61. The first-order valence-electron chi connectivity index (χ1n) is 3.36. The fraction of sp³-hybridized carbons (Fsp3) is 0.833. The summed E-state index contributed by atoms with van der Waals surface area (Å²) in [5, 5.41) is 11.0. The lowest BCUT2D eigenvalue weighted by molar-refractivity contribution is -0.120. The molecule has 0 aliphatic heterocycles. The molecule has 0 aromatic rings. The topological polar surface area (TPSA) is 75.3 Å². The van der Waals surface area contributed by atoms with Crippen molar-refractivity contribution in [2.45, 2.75) is 25.8 Å². The van der Waals surface area contributed by atoms with Crippen LogP contribution in [0.1, 0.15) is 19.8 Å². The van der Waals surface area contributed by atoms with Crippen molar-refractivity contribution in [3.05, 3.63) is 0 Å². The predicted molar refractivity (Wildman–Crippen MR) is 38.1 cm³/mol. The van der Waals surface area contributed by atoms with Crippen molar-refractivity contribution in [3.63, 3.8) is 0 Å². The first kappa shape index (κ1) is 9.39. The van der Waals surface area contributed by atoms with Crippen LogP contribution in [-0.2, 0) is 4.79 Å². The van der Waals surface area contributed by atoms with E-state index in [0.717, 1.165) is 6.42 Å². The van der Waals surface area contributed by atoms with Crippen LogP contribution in [0.2, 0.25) is 0 Å². The molecule has 0 aliphatic carbocycles. The van der Waals surface area contributed by atoms with Crippen LogP contribution in [0.5, 0.6) is 0 Å². The van der Waals surface area contributed by atoms with Crippen molar-refractivity contribution in [1.82, 2.24) is 5.32 Å². The SMILES string of the molecule is CCCC(NCO)C(N)=O. The third-order valence-corrected chi connectivity index (χ3v) is 1.26. The van der Waals surface area contributed by atoms with Gasteiger partial charge in [-0.15, -0.1) is 0 Å². The Labute approximate surface area is 60.4 Å². The van der Waals surface area contributed by atoms with E-state index in [-0.39, 0.29) is 12.8 Å². The summed E-state index contributed by atoms with van der Waals surface area (Å²) in [7, 11) is 0. The number of carbonyl (C=O) groups is 1. The predicted octanol–water partition coefficient (Wildman–Crippen LogP) is -0.820. The van der Waals surface area contributed by atoms with Crippen LogP contribution in [0, 0.1) is 0 Å². The number of hydrogen-bond donors (Lipinski definition) is 3. The molecule has 0 aromatic carbocycles. The van der Waals surface area contributed by atoms with Crippen molar-refractivity contribution >= 4 is 5.91 Å². The van der Waals surface area contributed by atoms with E-state index in [1.807, 2.05) is 6.92 Å². The van der Waals surface area contributed by atoms with E-state index in [1.54, 1.807) is 0 Å². The van der Waals surface area contributed by atoms with E-state index in [1.165, 1.54) is 0 Å². The highest BCUT2D eigenvalue weighted by Gasteiger charge is 2.11. The molecule has 0 aliphatic rings. The number of hydrogen-bond acceptors (Lipinski definition) is 3. The molecule has 4 nitrogen and oxygen atoms in total. The monoisotopic (exact) mass is 146 g/mol. The van der Waals surface area contributed by atoms with E-state index in [4.69, 9.17) is 10.8 Å². The zero-order valence-electron chi connectivity index (χ0n) is 6.13. The van der Waals surface area contributed by atoms with Crippen LogP contribution >= 0.6 is 0 Å². The molecule has 1 atom stereocenters. The van der Waals surface area contributed by atoms with Crippen LogP contribution in [0.15, 0.2) is 0 Å². The van der Waals surface area contributed by atoms with Gasteiger partial charge < -0.3 is 10.8 Å². The van der Waals surface area contributed by atoms with E-state index in [9.17, 15) is 4.79 Å². The van der Waals surface area contributed by atoms with E-state index < -0.39 is 5.91 Å². The largest absolute Gasteiger partial charge is 0.381 e. The fourth-order valence-electron chi connectivity index (χ4n) is 0.744. The third-order valence-electron chi connectivity index (χ3n) is 1.26. The lowest BCUT2D eigenvalue weighted by Gasteiger charge is -2.11. The number of nitrogens with two attached hydrogens (primary N) is 1. The molecule has 0 aromatic heterocycles. The Kier molecular flexibility index (Phi) is 4.88. The molecular formula is C6H14N2O2. The van der Waals surface area contributed by atoms with Gasteiger partial charge in [0.05, 0.1) is 12.8 Å². The first-order chi connectivity index (χ1) is 4.72. The highest BCUT2D eigenvalue weighted by Crippen LogP contribution is 1.93. The average Bonchev–Trinajstić information content (AvgIpc) is 1.87. The van der Waals surface area contributed by atoms with E-state index in [0.29, 0.717) is 6.42 Å². The van der Waals surface area contributed by atoms with Crippen molar-refractivity contribution in [1.29, 1.82) is 0 Å². The maximum atomic E-state index is 10.5. The van der Waals surface area contributed by atoms with E-state index >= 15 is 0 Å². The third kappa shape index (κ3) is 3.42. The average molecular weight is 146 g/mol. The summed E-state index contributed by atoms with van der Waals surface area (Å²) in [6.07, 6.45) is 1.55. The van der Waals surface area contributed by atoms with Gasteiger partial charge in [-0.3, -0.25) is 10.1 Å². The van der Waals surface area contributed by atoms with Crippen LogP contribution in [0.3, 0.4) is 0 Å². The molecule has 0 rings (SSSR count). The Morgan fingerprint density at radius 1 is 1.80 bits per heavy atom. The van der Waals surface area contributed by atoms with Crippen molar-refractivity contribution in [3.8, 4) is 0 Å². The first-order valence-corrected chi connectivity index (χ1v) is 3.36. The number of aliphatic hydroxyl groups excluding tert-OH is 1. The molecule has 60 valence electrons. The Hall–Kier alpha value is -0.610. The molecule has 0 radical (unpaired) electrons. The summed E-state index contributed by atoms with van der Waals surface area (Å²) < 4.78 is 0. The van der Waals surface area contributed by atoms with Crippen molar-refractivity contribution in [2.75, 3.05) is 6.73 Å². The molecule has 0 saturated carbocycles. The van der Waals surface area contributed by atoms with Gasteiger partial charge >= 0.3 is 0 Å². The summed E-state index contributed by atoms with van der Waals surface area (Å²) in [4.78, 5) is 10.5. The number of primary amides is 1. The van der Waals surface area contributed by atoms with Gasteiger partial charge in [-0.05, 0) is 6.42 Å². The zero-order valence-corrected chi connectivity index (χ0v) is 6.13. The maximum Gasteiger partial charge on any atom is 0.234 e. The summed E-state index contributed by atoms with van der Waals surface area (Å²) in [5.41, 5.74) is 5.00. The number of carbonyl (C=O) groups excluding carboxylic acids is 1. The smallest absolute Gasteiger partial charge is 0.234 e. The number of amides is 1. The molecule has 0 heterocycles. The molecule has 10 heavy (non-hydrogen) atoms. The highest BCUT2D eigenvalue weighted by atomic mass is 16.3. The molecule has 0 saturated heterocycles. The highest BCUT2D eigenvalue weighted by molar-refractivity contribution is 5.79. The molecule has 4 N–H and O–H groups in total. The van der Waals surface area contributed by atoms with Crippen LogP contribution in [-0.4, -0.2) is 23.8 Å². The van der Waals surface area contributed by atoms with Gasteiger partial charge in [0, 0.05) is 0 Å². The minimum absolute atomic E-state index is 0.201. The van der Waals surface area contributed by atoms with Crippen LogP contribution in [0.4, 0.5) is 0 Å². The summed E-state index contributed by atoms with van der Waals surface area (Å²) >= 11 is 0. The van der Waals surface area contributed by atoms with Gasteiger partial charge in [-0.25, -0.2) is 0 Å². The molecular weight excluding hydrogens is 132 g/mol. The standard InChI is InChI=1S/C6H14N2O2/c1-2-3-5(6(7)10)8-4-9/h5,8-9H,2-4H2,1H3,(H2,7,10). The molecule has 0 spiro atoms. The quantitative estimate of drug-likeness (QED) is 0.443. The lowest BCUT2D eigenvalue weighted by atomic mass is 10.1. The van der Waals surface area contributed by atoms with Gasteiger partial charge in [0.1, 0.15) is 0 Å². The maximum absolute atomic E-state index is 10.5. The molecule has 4 heteroatoms. The van der Waals surface area contributed by atoms with Crippen molar-refractivity contribution < 1.29 is 9.90 Å². The number of rotatable bonds is 5.